The highest BCUT2D eigenvalue weighted by atomic mass is 16.5. The maximum absolute atomic E-state index is 12.4. The molecule has 148 valence electrons. The maximum atomic E-state index is 12.4. The summed E-state index contributed by atoms with van der Waals surface area (Å²) in [6.07, 6.45) is 0.314. The van der Waals surface area contributed by atoms with Crippen molar-refractivity contribution < 1.29 is 14.3 Å². The zero-order valence-corrected chi connectivity index (χ0v) is 16.3. The van der Waals surface area contributed by atoms with Crippen molar-refractivity contribution in [3.05, 3.63) is 60.2 Å². The van der Waals surface area contributed by atoms with Crippen molar-refractivity contribution in [3.63, 3.8) is 0 Å². The molecule has 0 aliphatic carbocycles. The van der Waals surface area contributed by atoms with Crippen LogP contribution in [0.25, 0.3) is 0 Å². The van der Waals surface area contributed by atoms with Crippen LogP contribution in [0.2, 0.25) is 0 Å². The summed E-state index contributed by atoms with van der Waals surface area (Å²) < 4.78 is 5.37. The molecule has 6 heteroatoms. The molecular weight excluding hydrogens is 354 g/mol. The number of carbonyl (C=O) groups excluding carboxylic acids is 2. The SMILES string of the molecule is CCOc1ccc(C(=O)NCCC(=O)N2CCN(c3ccccc3)CC2)cc1. The molecule has 1 aliphatic rings. The lowest BCUT2D eigenvalue weighted by Gasteiger charge is -2.36. The van der Waals surface area contributed by atoms with Crippen LogP contribution >= 0.6 is 0 Å². The minimum atomic E-state index is -0.176. The van der Waals surface area contributed by atoms with Crippen LogP contribution in [0.1, 0.15) is 23.7 Å². The molecule has 0 spiro atoms. The Hall–Kier alpha value is -3.02. The number of carbonyl (C=O) groups is 2. The summed E-state index contributed by atoms with van der Waals surface area (Å²) in [4.78, 5) is 28.8. The number of rotatable bonds is 7. The Morgan fingerprint density at radius 2 is 1.64 bits per heavy atom. The van der Waals surface area contributed by atoms with Gasteiger partial charge in [-0.05, 0) is 43.3 Å². The topological polar surface area (TPSA) is 61.9 Å². The molecule has 0 radical (unpaired) electrons. The monoisotopic (exact) mass is 381 g/mol. The van der Waals surface area contributed by atoms with E-state index in [-0.39, 0.29) is 11.8 Å². The van der Waals surface area contributed by atoms with Crippen molar-refractivity contribution in [3.8, 4) is 5.75 Å². The summed E-state index contributed by atoms with van der Waals surface area (Å²) in [5.41, 5.74) is 1.75. The summed E-state index contributed by atoms with van der Waals surface area (Å²) in [5, 5.41) is 2.82. The summed E-state index contributed by atoms with van der Waals surface area (Å²) in [5.74, 6) is 0.647. The van der Waals surface area contributed by atoms with Crippen LogP contribution in [0.3, 0.4) is 0 Å². The third-order valence-electron chi connectivity index (χ3n) is 4.81. The maximum Gasteiger partial charge on any atom is 0.251 e. The van der Waals surface area contributed by atoms with Gasteiger partial charge in [0.15, 0.2) is 0 Å². The van der Waals surface area contributed by atoms with Gasteiger partial charge in [0, 0.05) is 50.4 Å². The zero-order valence-electron chi connectivity index (χ0n) is 16.3. The number of hydrogen-bond donors (Lipinski definition) is 1. The molecule has 0 saturated carbocycles. The van der Waals surface area contributed by atoms with E-state index in [1.165, 1.54) is 5.69 Å². The Balaban J connectivity index is 1.39. The molecule has 3 rings (SSSR count). The predicted octanol–water partition coefficient (Wildman–Crippen LogP) is 2.55. The van der Waals surface area contributed by atoms with Crippen molar-refractivity contribution in [2.45, 2.75) is 13.3 Å². The molecular formula is C22H27N3O3. The molecule has 0 bridgehead atoms. The standard InChI is InChI=1S/C22H27N3O3/c1-2-28-20-10-8-18(9-11-20)22(27)23-13-12-21(26)25-16-14-24(15-17-25)19-6-4-3-5-7-19/h3-11H,2,12-17H2,1H3,(H,23,27). The molecule has 1 saturated heterocycles. The van der Waals surface area contributed by atoms with E-state index in [0.29, 0.717) is 38.2 Å². The number of hydrogen-bond acceptors (Lipinski definition) is 4. The minimum absolute atomic E-state index is 0.0831. The van der Waals surface area contributed by atoms with Crippen molar-refractivity contribution in [2.24, 2.45) is 0 Å². The number of nitrogens with one attached hydrogen (secondary N) is 1. The van der Waals surface area contributed by atoms with E-state index >= 15 is 0 Å². The number of piperazine rings is 1. The van der Waals surface area contributed by atoms with Crippen LogP contribution in [0.4, 0.5) is 5.69 Å². The van der Waals surface area contributed by atoms with Gasteiger partial charge in [0.05, 0.1) is 6.61 Å². The van der Waals surface area contributed by atoms with E-state index in [9.17, 15) is 9.59 Å². The first kappa shape index (κ1) is 19.7. The molecule has 1 N–H and O–H groups in total. The van der Waals surface area contributed by atoms with E-state index in [2.05, 4.69) is 22.3 Å². The van der Waals surface area contributed by atoms with E-state index in [0.717, 1.165) is 18.8 Å². The van der Waals surface area contributed by atoms with Gasteiger partial charge in [0.1, 0.15) is 5.75 Å². The summed E-state index contributed by atoms with van der Waals surface area (Å²) in [6.45, 7) is 5.92. The average Bonchev–Trinajstić information content (AvgIpc) is 2.75. The molecule has 0 unspecified atom stereocenters. The van der Waals surface area contributed by atoms with Gasteiger partial charge >= 0.3 is 0 Å². The van der Waals surface area contributed by atoms with Crippen molar-refractivity contribution in [2.75, 3.05) is 44.2 Å². The normalized spacial score (nSPS) is 13.9. The van der Waals surface area contributed by atoms with Gasteiger partial charge in [-0.25, -0.2) is 0 Å². The van der Waals surface area contributed by atoms with Gasteiger partial charge in [-0.2, -0.15) is 0 Å². The zero-order chi connectivity index (χ0) is 19.8. The lowest BCUT2D eigenvalue weighted by atomic mass is 10.2. The van der Waals surface area contributed by atoms with Gasteiger partial charge < -0.3 is 19.9 Å². The summed E-state index contributed by atoms with van der Waals surface area (Å²) in [7, 11) is 0. The Kier molecular flexibility index (Phi) is 6.89. The first-order valence-electron chi connectivity index (χ1n) is 9.76. The molecule has 1 aliphatic heterocycles. The van der Waals surface area contributed by atoms with Crippen LogP contribution in [-0.4, -0.2) is 56.0 Å². The van der Waals surface area contributed by atoms with Crippen LogP contribution < -0.4 is 15.0 Å². The largest absolute Gasteiger partial charge is 0.494 e. The van der Waals surface area contributed by atoms with E-state index in [1.54, 1.807) is 24.3 Å². The number of para-hydroxylation sites is 1. The van der Waals surface area contributed by atoms with Crippen LogP contribution in [-0.2, 0) is 4.79 Å². The molecule has 0 atom stereocenters. The molecule has 28 heavy (non-hydrogen) atoms. The molecule has 2 aromatic rings. The van der Waals surface area contributed by atoms with Crippen LogP contribution in [0.5, 0.6) is 5.75 Å². The van der Waals surface area contributed by atoms with Crippen LogP contribution in [0, 0.1) is 0 Å². The number of amides is 2. The van der Waals surface area contributed by atoms with Crippen LogP contribution in [0.15, 0.2) is 54.6 Å². The molecule has 2 amide bonds. The third-order valence-corrected chi connectivity index (χ3v) is 4.81. The fraction of sp³-hybridized carbons (Fsp3) is 0.364. The Morgan fingerprint density at radius 1 is 0.964 bits per heavy atom. The second-order valence-corrected chi connectivity index (χ2v) is 6.67. The first-order chi connectivity index (χ1) is 13.7. The van der Waals surface area contributed by atoms with Crippen molar-refractivity contribution in [1.82, 2.24) is 10.2 Å². The third kappa shape index (κ3) is 5.25. The predicted molar refractivity (Wildman–Crippen MR) is 110 cm³/mol. The lowest BCUT2D eigenvalue weighted by Crippen LogP contribution is -2.49. The first-order valence-corrected chi connectivity index (χ1v) is 9.76. The molecule has 1 fully saturated rings. The highest BCUT2D eigenvalue weighted by molar-refractivity contribution is 5.94. The molecule has 1 heterocycles. The number of nitrogens with zero attached hydrogens (tertiary/aromatic N) is 2. The molecule has 6 nitrogen and oxygen atoms in total. The second-order valence-electron chi connectivity index (χ2n) is 6.67. The number of ether oxygens (including phenoxy) is 1. The Labute approximate surface area is 166 Å². The molecule has 2 aromatic carbocycles. The number of anilines is 1. The highest BCUT2D eigenvalue weighted by Crippen LogP contribution is 2.16. The van der Waals surface area contributed by atoms with Gasteiger partial charge in [-0.3, -0.25) is 9.59 Å². The van der Waals surface area contributed by atoms with E-state index in [4.69, 9.17) is 4.74 Å². The van der Waals surface area contributed by atoms with Gasteiger partial charge in [0.25, 0.3) is 5.91 Å². The van der Waals surface area contributed by atoms with Gasteiger partial charge in [0.2, 0.25) is 5.91 Å². The van der Waals surface area contributed by atoms with E-state index in [1.807, 2.05) is 30.0 Å². The number of benzene rings is 2. The van der Waals surface area contributed by atoms with Crippen molar-refractivity contribution in [1.29, 1.82) is 0 Å². The fourth-order valence-corrected chi connectivity index (χ4v) is 3.27. The minimum Gasteiger partial charge on any atom is -0.494 e. The Morgan fingerprint density at radius 3 is 2.29 bits per heavy atom. The smallest absolute Gasteiger partial charge is 0.251 e. The fourth-order valence-electron chi connectivity index (χ4n) is 3.27. The molecule has 0 aromatic heterocycles. The highest BCUT2D eigenvalue weighted by Gasteiger charge is 2.21. The van der Waals surface area contributed by atoms with Gasteiger partial charge in [-0.1, -0.05) is 18.2 Å². The summed E-state index contributed by atoms with van der Waals surface area (Å²) >= 11 is 0. The average molecular weight is 381 g/mol. The summed E-state index contributed by atoms with van der Waals surface area (Å²) in [6, 6.07) is 17.2. The van der Waals surface area contributed by atoms with E-state index < -0.39 is 0 Å². The Bertz CT molecular complexity index is 769. The lowest BCUT2D eigenvalue weighted by molar-refractivity contribution is -0.131. The van der Waals surface area contributed by atoms with Gasteiger partial charge in [-0.15, -0.1) is 0 Å². The van der Waals surface area contributed by atoms with Crippen molar-refractivity contribution >= 4 is 17.5 Å². The second kappa shape index (κ2) is 9.78. The quantitative estimate of drug-likeness (QED) is 0.801.